The van der Waals surface area contributed by atoms with Gasteiger partial charge < -0.3 is 20.5 Å². The summed E-state index contributed by atoms with van der Waals surface area (Å²) in [5.41, 5.74) is 0. The molecule has 0 fully saturated rings. The van der Waals surface area contributed by atoms with Crippen LogP contribution in [-0.4, -0.2) is 58.0 Å². The third kappa shape index (κ3) is 6.36. The number of H-pyrrole nitrogens is 1. The maximum atomic E-state index is 11.5. The third-order valence-corrected chi connectivity index (χ3v) is 2.54. The van der Waals surface area contributed by atoms with E-state index in [2.05, 4.69) is 30.6 Å². The SMILES string of the molecule is COC(=O)C[C@H](NC(=O)NCCCc1ncn[nH]1)C(=O)O. The first-order valence-corrected chi connectivity index (χ1v) is 6.21. The molecule has 21 heavy (non-hydrogen) atoms. The Balaban J connectivity index is 2.26. The lowest BCUT2D eigenvalue weighted by Gasteiger charge is -2.13. The Morgan fingerprint density at radius 2 is 2.24 bits per heavy atom. The fraction of sp³-hybridized carbons (Fsp3) is 0.545. The first kappa shape index (κ1) is 16.4. The van der Waals surface area contributed by atoms with E-state index < -0.39 is 30.4 Å². The summed E-state index contributed by atoms with van der Waals surface area (Å²) in [6, 6.07) is -1.99. The zero-order valence-electron chi connectivity index (χ0n) is 11.5. The van der Waals surface area contributed by atoms with Gasteiger partial charge in [-0.2, -0.15) is 5.10 Å². The van der Waals surface area contributed by atoms with E-state index >= 15 is 0 Å². The van der Waals surface area contributed by atoms with E-state index in [1.165, 1.54) is 6.33 Å². The summed E-state index contributed by atoms with van der Waals surface area (Å²) < 4.78 is 4.36. The largest absolute Gasteiger partial charge is 0.480 e. The zero-order valence-corrected chi connectivity index (χ0v) is 11.5. The number of aryl methyl sites for hydroxylation is 1. The van der Waals surface area contributed by atoms with Gasteiger partial charge in [0.25, 0.3) is 0 Å². The number of methoxy groups -OCH3 is 1. The molecule has 10 nitrogen and oxygen atoms in total. The minimum Gasteiger partial charge on any atom is -0.480 e. The summed E-state index contributed by atoms with van der Waals surface area (Å²) in [6.45, 7) is 0.330. The van der Waals surface area contributed by atoms with Crippen LogP contribution in [0.15, 0.2) is 6.33 Å². The van der Waals surface area contributed by atoms with Crippen molar-refractivity contribution in [3.8, 4) is 0 Å². The minimum atomic E-state index is -1.33. The van der Waals surface area contributed by atoms with Gasteiger partial charge in [-0.1, -0.05) is 0 Å². The Labute approximate surface area is 120 Å². The van der Waals surface area contributed by atoms with Gasteiger partial charge in [0.05, 0.1) is 13.5 Å². The fourth-order valence-corrected chi connectivity index (χ4v) is 1.47. The average Bonchev–Trinajstić information content (AvgIpc) is 2.95. The second-order valence-corrected chi connectivity index (χ2v) is 4.11. The number of carboxylic acid groups (broad SMARTS) is 1. The van der Waals surface area contributed by atoms with Crippen LogP contribution >= 0.6 is 0 Å². The third-order valence-electron chi connectivity index (χ3n) is 2.54. The molecule has 0 radical (unpaired) electrons. The van der Waals surface area contributed by atoms with E-state index in [0.717, 1.165) is 7.11 Å². The van der Waals surface area contributed by atoms with Crippen molar-refractivity contribution in [3.63, 3.8) is 0 Å². The lowest BCUT2D eigenvalue weighted by Crippen LogP contribution is -2.47. The first-order chi connectivity index (χ1) is 10.0. The number of esters is 1. The van der Waals surface area contributed by atoms with Crippen molar-refractivity contribution in [1.82, 2.24) is 25.8 Å². The summed E-state index contributed by atoms with van der Waals surface area (Å²) in [6.07, 6.45) is 2.17. The van der Waals surface area contributed by atoms with E-state index in [1.807, 2.05) is 0 Å². The average molecular weight is 299 g/mol. The minimum absolute atomic E-state index is 0.330. The Bertz CT molecular complexity index is 475. The predicted octanol–water partition coefficient (Wildman–Crippen LogP) is -0.947. The van der Waals surface area contributed by atoms with Crippen LogP contribution in [0.5, 0.6) is 0 Å². The van der Waals surface area contributed by atoms with Crippen LogP contribution in [0.2, 0.25) is 0 Å². The molecule has 116 valence electrons. The van der Waals surface area contributed by atoms with Crippen molar-refractivity contribution in [1.29, 1.82) is 0 Å². The van der Waals surface area contributed by atoms with Crippen LogP contribution < -0.4 is 10.6 Å². The van der Waals surface area contributed by atoms with Crippen molar-refractivity contribution >= 4 is 18.0 Å². The number of amides is 2. The molecule has 0 aliphatic carbocycles. The number of aromatic amines is 1. The summed E-state index contributed by atoms with van der Waals surface area (Å²) in [5.74, 6) is -1.32. The number of nitrogens with zero attached hydrogens (tertiary/aromatic N) is 2. The first-order valence-electron chi connectivity index (χ1n) is 6.21. The fourth-order valence-electron chi connectivity index (χ4n) is 1.47. The highest BCUT2D eigenvalue weighted by molar-refractivity contribution is 5.86. The van der Waals surface area contributed by atoms with Crippen molar-refractivity contribution in [2.45, 2.75) is 25.3 Å². The molecule has 0 unspecified atom stereocenters. The van der Waals surface area contributed by atoms with Gasteiger partial charge in [-0.3, -0.25) is 9.89 Å². The van der Waals surface area contributed by atoms with Crippen molar-refractivity contribution in [2.75, 3.05) is 13.7 Å². The molecule has 0 aromatic carbocycles. The van der Waals surface area contributed by atoms with Crippen LogP contribution in [0, 0.1) is 0 Å². The van der Waals surface area contributed by atoms with Crippen LogP contribution in [0.4, 0.5) is 4.79 Å². The molecular formula is C11H17N5O5. The van der Waals surface area contributed by atoms with Crippen LogP contribution in [0.1, 0.15) is 18.7 Å². The van der Waals surface area contributed by atoms with E-state index in [9.17, 15) is 14.4 Å². The number of hydrogen-bond donors (Lipinski definition) is 4. The van der Waals surface area contributed by atoms with Crippen LogP contribution in [-0.2, 0) is 20.7 Å². The number of carbonyl (C=O) groups excluding carboxylic acids is 2. The quantitative estimate of drug-likeness (QED) is 0.357. The molecule has 0 aliphatic heterocycles. The summed E-state index contributed by atoms with van der Waals surface area (Å²) in [4.78, 5) is 37.4. The Hall–Kier alpha value is -2.65. The van der Waals surface area contributed by atoms with E-state index in [0.29, 0.717) is 25.2 Å². The number of aliphatic carboxylic acids is 1. The Morgan fingerprint density at radius 1 is 1.48 bits per heavy atom. The molecular weight excluding hydrogens is 282 g/mol. The van der Waals surface area contributed by atoms with Gasteiger partial charge in [0.2, 0.25) is 0 Å². The van der Waals surface area contributed by atoms with Crippen LogP contribution in [0.3, 0.4) is 0 Å². The van der Waals surface area contributed by atoms with Gasteiger partial charge in [-0.15, -0.1) is 0 Å². The molecule has 0 spiro atoms. The highest BCUT2D eigenvalue weighted by Gasteiger charge is 2.23. The summed E-state index contributed by atoms with van der Waals surface area (Å²) >= 11 is 0. The molecule has 0 saturated carbocycles. The number of aromatic nitrogens is 3. The normalized spacial score (nSPS) is 11.5. The lowest BCUT2D eigenvalue weighted by molar-refractivity contribution is -0.147. The molecule has 0 bridgehead atoms. The molecule has 1 atom stereocenters. The smallest absolute Gasteiger partial charge is 0.326 e. The maximum Gasteiger partial charge on any atom is 0.326 e. The number of ether oxygens (including phenoxy) is 1. The van der Waals surface area contributed by atoms with Crippen LogP contribution in [0.25, 0.3) is 0 Å². The molecule has 2 amide bonds. The van der Waals surface area contributed by atoms with Crippen molar-refractivity contribution in [2.24, 2.45) is 0 Å². The lowest BCUT2D eigenvalue weighted by atomic mass is 10.2. The van der Waals surface area contributed by atoms with E-state index in [4.69, 9.17) is 5.11 Å². The van der Waals surface area contributed by atoms with Gasteiger partial charge in [0.1, 0.15) is 18.2 Å². The number of nitrogens with one attached hydrogen (secondary N) is 3. The standard InChI is InChI=1S/C11H17N5O5/c1-21-9(17)5-7(10(18)19)15-11(20)12-4-2-3-8-13-6-14-16-8/h6-7H,2-5H2,1H3,(H,18,19)(H2,12,15,20)(H,13,14,16)/t7-/m0/s1. The molecule has 1 rings (SSSR count). The molecule has 0 saturated heterocycles. The molecule has 1 aromatic heterocycles. The number of carbonyl (C=O) groups is 3. The molecule has 10 heteroatoms. The highest BCUT2D eigenvalue weighted by atomic mass is 16.5. The van der Waals surface area contributed by atoms with Gasteiger partial charge in [-0.25, -0.2) is 14.6 Å². The van der Waals surface area contributed by atoms with E-state index in [1.54, 1.807) is 0 Å². The van der Waals surface area contributed by atoms with Crippen molar-refractivity contribution in [3.05, 3.63) is 12.2 Å². The van der Waals surface area contributed by atoms with Gasteiger partial charge >= 0.3 is 18.0 Å². The van der Waals surface area contributed by atoms with Gasteiger partial charge in [0, 0.05) is 13.0 Å². The second kappa shape index (κ2) is 8.51. The van der Waals surface area contributed by atoms with Crippen molar-refractivity contribution < 1.29 is 24.2 Å². The topological polar surface area (TPSA) is 146 Å². The maximum absolute atomic E-state index is 11.5. The number of rotatable bonds is 8. The summed E-state index contributed by atoms with van der Waals surface area (Å²) in [5, 5.41) is 19.9. The number of hydrogen-bond acceptors (Lipinski definition) is 6. The number of urea groups is 1. The monoisotopic (exact) mass is 299 g/mol. The molecule has 4 N–H and O–H groups in total. The Kier molecular flexibility index (Phi) is 6.65. The second-order valence-electron chi connectivity index (χ2n) is 4.11. The molecule has 1 aromatic rings. The van der Waals surface area contributed by atoms with E-state index in [-0.39, 0.29) is 0 Å². The van der Waals surface area contributed by atoms with Gasteiger partial charge in [0.15, 0.2) is 0 Å². The number of carboxylic acids is 1. The highest BCUT2D eigenvalue weighted by Crippen LogP contribution is 1.95. The zero-order chi connectivity index (χ0) is 15.7. The Morgan fingerprint density at radius 3 is 2.81 bits per heavy atom. The molecule has 0 aliphatic rings. The summed E-state index contributed by atoms with van der Waals surface area (Å²) in [7, 11) is 1.14. The van der Waals surface area contributed by atoms with Gasteiger partial charge in [-0.05, 0) is 6.42 Å². The predicted molar refractivity (Wildman–Crippen MR) is 69.3 cm³/mol. The molecule has 1 heterocycles.